The summed E-state index contributed by atoms with van der Waals surface area (Å²) in [7, 11) is -3.61. The largest absolute Gasteiger partial charge is 0.392 e. The molecule has 2 aromatic rings. The molecule has 5 rings (SSSR count). The molecule has 1 heterocycles. The van der Waals surface area contributed by atoms with E-state index in [0.29, 0.717) is 6.42 Å². The maximum absolute atomic E-state index is 14.7. The Labute approximate surface area is 212 Å². The third-order valence-corrected chi connectivity index (χ3v) is 8.72. The Morgan fingerprint density at radius 2 is 1.89 bits per heavy atom. The molecule has 3 fully saturated rings. The van der Waals surface area contributed by atoms with Crippen molar-refractivity contribution in [2.75, 3.05) is 6.26 Å². The van der Waals surface area contributed by atoms with Crippen molar-refractivity contribution in [3.8, 4) is 0 Å². The lowest BCUT2D eigenvalue weighted by Crippen LogP contribution is -2.49. The zero-order chi connectivity index (χ0) is 25.9. The van der Waals surface area contributed by atoms with Crippen molar-refractivity contribution >= 4 is 33.3 Å². The number of nitrogens with one attached hydrogen (secondary N) is 1. The van der Waals surface area contributed by atoms with E-state index in [-0.39, 0.29) is 44.5 Å². The summed E-state index contributed by atoms with van der Waals surface area (Å²) >= 11 is 5.69. The smallest absolute Gasteiger partial charge is 0.255 e. The predicted octanol–water partition coefficient (Wildman–Crippen LogP) is 3.38. The monoisotopic (exact) mass is 538 g/mol. The van der Waals surface area contributed by atoms with Crippen LogP contribution in [0.15, 0.2) is 35.2 Å². The quantitative estimate of drug-likeness (QED) is 0.526. The van der Waals surface area contributed by atoms with Gasteiger partial charge in [0.2, 0.25) is 5.91 Å². The molecule has 4 atom stereocenters. The first-order valence-corrected chi connectivity index (χ1v) is 14.0. The van der Waals surface area contributed by atoms with Crippen LogP contribution in [-0.2, 0) is 21.2 Å². The van der Waals surface area contributed by atoms with E-state index in [0.717, 1.165) is 37.7 Å². The third kappa shape index (κ3) is 4.62. The SMILES string of the molecule is CS(=O)(=O)c1ccc(CO)c(C(=O)N2[C@@H](C(=O)N[C@@H](c3cc(F)c(Cl)cc3F)C3CC3)C[C@H]3C[C@H]32)c1. The summed E-state index contributed by atoms with van der Waals surface area (Å²) in [6, 6.07) is 4.04. The summed E-state index contributed by atoms with van der Waals surface area (Å²) in [5.74, 6) is -2.45. The maximum Gasteiger partial charge on any atom is 0.255 e. The number of sulfone groups is 1. The summed E-state index contributed by atoms with van der Waals surface area (Å²) in [5.41, 5.74) is 0.290. The van der Waals surface area contributed by atoms with Crippen LogP contribution in [0.2, 0.25) is 5.02 Å². The summed E-state index contributed by atoms with van der Waals surface area (Å²) < 4.78 is 52.9. The first-order valence-electron chi connectivity index (χ1n) is 11.7. The van der Waals surface area contributed by atoms with Gasteiger partial charge in [0.05, 0.1) is 22.6 Å². The number of halogens is 3. The fourth-order valence-corrected chi connectivity index (χ4v) is 5.95. The molecule has 36 heavy (non-hydrogen) atoms. The highest BCUT2D eigenvalue weighted by atomic mass is 35.5. The van der Waals surface area contributed by atoms with Crippen LogP contribution < -0.4 is 5.32 Å². The van der Waals surface area contributed by atoms with Crippen molar-refractivity contribution < 1.29 is 31.9 Å². The molecule has 2 saturated carbocycles. The molecule has 2 amide bonds. The third-order valence-electron chi connectivity index (χ3n) is 7.32. The summed E-state index contributed by atoms with van der Waals surface area (Å²) in [4.78, 5) is 28.4. The molecule has 2 aromatic carbocycles. The van der Waals surface area contributed by atoms with Crippen LogP contribution >= 0.6 is 11.6 Å². The van der Waals surface area contributed by atoms with Gasteiger partial charge in [0, 0.05) is 23.4 Å². The number of fused-ring (bicyclic) bond motifs is 1. The second-order valence-corrected chi connectivity index (χ2v) is 12.3. The molecule has 192 valence electrons. The van der Waals surface area contributed by atoms with Crippen LogP contribution in [0.3, 0.4) is 0 Å². The number of aliphatic hydroxyl groups excluding tert-OH is 1. The summed E-state index contributed by atoms with van der Waals surface area (Å²) in [6.45, 7) is -0.477. The fourth-order valence-electron chi connectivity index (χ4n) is 5.15. The minimum Gasteiger partial charge on any atom is -0.392 e. The minimum atomic E-state index is -3.61. The van der Waals surface area contributed by atoms with Crippen molar-refractivity contribution in [2.45, 2.75) is 55.3 Å². The summed E-state index contributed by atoms with van der Waals surface area (Å²) in [5, 5.41) is 12.3. The van der Waals surface area contributed by atoms with Crippen molar-refractivity contribution in [1.82, 2.24) is 10.2 Å². The number of carbonyl (C=O) groups excluding carboxylic acids is 2. The molecule has 2 N–H and O–H groups in total. The summed E-state index contributed by atoms with van der Waals surface area (Å²) in [6.07, 6.45) is 3.64. The van der Waals surface area contributed by atoms with E-state index < -0.39 is 52.0 Å². The lowest BCUT2D eigenvalue weighted by atomic mass is 10.00. The van der Waals surface area contributed by atoms with E-state index in [2.05, 4.69) is 5.32 Å². The van der Waals surface area contributed by atoms with Crippen LogP contribution in [0.25, 0.3) is 0 Å². The Hall–Kier alpha value is -2.56. The van der Waals surface area contributed by atoms with Gasteiger partial charge >= 0.3 is 0 Å². The van der Waals surface area contributed by atoms with Crippen LogP contribution in [0.4, 0.5) is 8.78 Å². The second kappa shape index (κ2) is 9.08. The van der Waals surface area contributed by atoms with Crippen molar-refractivity contribution in [1.29, 1.82) is 0 Å². The van der Waals surface area contributed by atoms with Gasteiger partial charge in [-0.2, -0.15) is 0 Å². The number of hydrogen-bond acceptors (Lipinski definition) is 5. The number of benzene rings is 2. The topological polar surface area (TPSA) is 104 Å². The molecule has 7 nitrogen and oxygen atoms in total. The number of aliphatic hydroxyl groups is 1. The molecule has 1 aliphatic heterocycles. The van der Waals surface area contributed by atoms with E-state index >= 15 is 0 Å². The lowest BCUT2D eigenvalue weighted by Gasteiger charge is -2.30. The lowest BCUT2D eigenvalue weighted by molar-refractivity contribution is -0.126. The first-order chi connectivity index (χ1) is 17.0. The van der Waals surface area contributed by atoms with Crippen LogP contribution in [0.1, 0.15) is 53.2 Å². The molecular formula is C25H25ClF2N2O5S. The standard InChI is InChI=1S/C25H25ClF2N2O5S/c1-36(34,35)15-5-4-13(11-31)16(8-15)25(33)30-21-6-14(21)7-22(30)24(32)29-23(12-2-3-12)17-9-20(28)18(26)10-19(17)27/h4-5,8-10,12,14,21-23,31H,2-3,6-7,11H2,1H3,(H,29,32)/t14-,21-,22-,23-/m1/s1. The molecule has 0 aromatic heterocycles. The number of rotatable bonds is 7. The van der Waals surface area contributed by atoms with Crippen molar-refractivity contribution in [2.24, 2.45) is 11.8 Å². The van der Waals surface area contributed by atoms with E-state index in [1.165, 1.54) is 23.1 Å². The molecule has 3 aliphatic rings. The molecule has 0 unspecified atom stereocenters. The van der Waals surface area contributed by atoms with Gasteiger partial charge in [-0.15, -0.1) is 0 Å². The number of hydrogen-bond donors (Lipinski definition) is 2. The highest BCUT2D eigenvalue weighted by molar-refractivity contribution is 7.90. The van der Waals surface area contributed by atoms with E-state index in [4.69, 9.17) is 11.6 Å². The van der Waals surface area contributed by atoms with Gasteiger partial charge in [0.1, 0.15) is 17.7 Å². The molecule has 0 bridgehead atoms. The van der Waals surface area contributed by atoms with Gasteiger partial charge in [-0.3, -0.25) is 9.59 Å². The number of likely N-dealkylation sites (tertiary alicyclic amines) is 1. The Balaban J connectivity index is 1.43. The van der Waals surface area contributed by atoms with Gasteiger partial charge in [-0.25, -0.2) is 17.2 Å². The van der Waals surface area contributed by atoms with Gasteiger partial charge in [0.25, 0.3) is 5.91 Å². The number of carbonyl (C=O) groups is 2. The zero-order valence-electron chi connectivity index (χ0n) is 19.4. The Morgan fingerprint density at radius 3 is 2.53 bits per heavy atom. The first kappa shape index (κ1) is 25.1. The van der Waals surface area contributed by atoms with Crippen LogP contribution in [0, 0.1) is 23.5 Å². The van der Waals surface area contributed by atoms with Gasteiger partial charge < -0.3 is 15.3 Å². The molecular weight excluding hydrogens is 514 g/mol. The zero-order valence-corrected chi connectivity index (χ0v) is 21.0. The van der Waals surface area contributed by atoms with Crippen molar-refractivity contribution in [3.05, 3.63) is 63.7 Å². The average molecular weight is 539 g/mol. The highest BCUT2D eigenvalue weighted by Gasteiger charge is 2.56. The molecule has 0 spiro atoms. The van der Waals surface area contributed by atoms with E-state index in [1.54, 1.807) is 0 Å². The average Bonchev–Trinajstić information content (AvgIpc) is 3.76. The normalized spacial score (nSPS) is 23.8. The maximum atomic E-state index is 14.7. The van der Waals surface area contributed by atoms with Crippen LogP contribution in [-0.4, -0.2) is 48.6 Å². The van der Waals surface area contributed by atoms with Gasteiger partial charge in [-0.05, 0) is 67.3 Å². The number of piperidine rings is 1. The molecule has 2 aliphatic carbocycles. The fraction of sp³-hybridized carbons (Fsp3) is 0.440. The predicted molar refractivity (Wildman–Crippen MR) is 127 cm³/mol. The van der Waals surface area contributed by atoms with Gasteiger partial charge in [-0.1, -0.05) is 17.7 Å². The second-order valence-electron chi connectivity index (χ2n) is 9.89. The van der Waals surface area contributed by atoms with Crippen molar-refractivity contribution in [3.63, 3.8) is 0 Å². The van der Waals surface area contributed by atoms with E-state index in [9.17, 15) is 31.9 Å². The van der Waals surface area contributed by atoms with Gasteiger partial charge in [0.15, 0.2) is 9.84 Å². The number of amides is 2. The minimum absolute atomic E-state index is 0.0113. The molecule has 11 heteroatoms. The Morgan fingerprint density at radius 1 is 1.17 bits per heavy atom. The molecule has 0 radical (unpaired) electrons. The van der Waals surface area contributed by atoms with Crippen LogP contribution in [0.5, 0.6) is 0 Å². The van der Waals surface area contributed by atoms with E-state index in [1.807, 2.05) is 0 Å². The highest BCUT2D eigenvalue weighted by Crippen LogP contribution is 2.49. The number of nitrogens with zero attached hydrogens (tertiary/aromatic N) is 1. The Bertz CT molecular complexity index is 1360. The Kier molecular flexibility index (Phi) is 6.33. The molecule has 1 saturated heterocycles.